The molecule has 0 aliphatic heterocycles. The lowest BCUT2D eigenvalue weighted by Gasteiger charge is -2.08. The molecule has 0 spiro atoms. The second-order valence-electron chi connectivity index (χ2n) is 3.88. The Morgan fingerprint density at radius 2 is 1.82 bits per heavy atom. The van der Waals surface area contributed by atoms with E-state index in [0.29, 0.717) is 12.1 Å². The smallest absolute Gasteiger partial charge is 0.337 e. The van der Waals surface area contributed by atoms with Gasteiger partial charge in [0.25, 0.3) is 0 Å². The topological polar surface area (TPSA) is 66.4 Å². The number of carboxylic acids is 1. The molecule has 1 aliphatic rings. The summed E-state index contributed by atoms with van der Waals surface area (Å²) in [6.45, 7) is 0. The second kappa shape index (κ2) is 4.12. The highest BCUT2D eigenvalue weighted by molar-refractivity contribution is 6.01. The Kier molecular flexibility index (Phi) is 2.79. The van der Waals surface area contributed by atoms with Crippen molar-refractivity contribution in [1.29, 1.82) is 0 Å². The fourth-order valence-corrected chi connectivity index (χ4v) is 1.41. The number of hydrogen-bond donors (Lipinski definition) is 2. The van der Waals surface area contributed by atoms with E-state index in [1.807, 2.05) is 0 Å². The Labute approximate surface area is 95.2 Å². The summed E-state index contributed by atoms with van der Waals surface area (Å²) >= 11 is 0. The SMILES string of the molecule is O=C(O)c1cc(F)c(F)cc1NC(=O)C1CC1. The fourth-order valence-electron chi connectivity index (χ4n) is 1.41. The van der Waals surface area contributed by atoms with Crippen LogP contribution in [0.4, 0.5) is 14.5 Å². The summed E-state index contributed by atoms with van der Waals surface area (Å²) < 4.78 is 25.8. The molecule has 1 saturated carbocycles. The summed E-state index contributed by atoms with van der Waals surface area (Å²) in [5.41, 5.74) is -0.675. The first-order chi connectivity index (χ1) is 7.99. The van der Waals surface area contributed by atoms with Crippen LogP contribution < -0.4 is 5.32 Å². The fraction of sp³-hybridized carbons (Fsp3) is 0.273. The van der Waals surface area contributed by atoms with Gasteiger partial charge in [0.15, 0.2) is 11.6 Å². The molecule has 90 valence electrons. The molecular weight excluding hydrogens is 232 g/mol. The highest BCUT2D eigenvalue weighted by Crippen LogP contribution is 2.31. The molecule has 2 N–H and O–H groups in total. The van der Waals surface area contributed by atoms with Gasteiger partial charge in [0.05, 0.1) is 11.3 Å². The van der Waals surface area contributed by atoms with Crippen molar-refractivity contribution in [3.63, 3.8) is 0 Å². The van der Waals surface area contributed by atoms with E-state index in [4.69, 9.17) is 5.11 Å². The minimum absolute atomic E-state index is 0.148. The van der Waals surface area contributed by atoms with Crippen LogP contribution in [0.5, 0.6) is 0 Å². The maximum absolute atomic E-state index is 13.0. The number of amides is 1. The average molecular weight is 241 g/mol. The van der Waals surface area contributed by atoms with Gasteiger partial charge in [-0.05, 0) is 18.9 Å². The van der Waals surface area contributed by atoms with Gasteiger partial charge in [-0.2, -0.15) is 0 Å². The molecule has 1 fully saturated rings. The van der Waals surface area contributed by atoms with Gasteiger partial charge in [-0.25, -0.2) is 13.6 Å². The standard InChI is InChI=1S/C11H9F2NO3/c12-7-3-6(11(16)17)9(4-8(7)13)14-10(15)5-1-2-5/h3-5H,1-2H2,(H,14,15)(H,16,17). The lowest BCUT2D eigenvalue weighted by Crippen LogP contribution is -2.16. The predicted octanol–water partition coefficient (Wildman–Crippen LogP) is 2.01. The molecule has 1 amide bonds. The minimum Gasteiger partial charge on any atom is -0.478 e. The number of rotatable bonds is 3. The molecule has 4 nitrogen and oxygen atoms in total. The van der Waals surface area contributed by atoms with Crippen molar-refractivity contribution in [2.75, 3.05) is 5.32 Å². The summed E-state index contributed by atoms with van der Waals surface area (Å²) in [6, 6.07) is 1.24. The minimum atomic E-state index is -1.42. The number of benzene rings is 1. The van der Waals surface area contributed by atoms with Crippen molar-refractivity contribution in [2.24, 2.45) is 5.92 Å². The average Bonchev–Trinajstić information content (AvgIpc) is 3.06. The maximum Gasteiger partial charge on any atom is 0.337 e. The van der Waals surface area contributed by atoms with E-state index in [0.717, 1.165) is 12.8 Å². The zero-order valence-corrected chi connectivity index (χ0v) is 8.67. The first-order valence-corrected chi connectivity index (χ1v) is 5.02. The van der Waals surface area contributed by atoms with E-state index >= 15 is 0 Å². The van der Waals surface area contributed by atoms with Crippen molar-refractivity contribution in [2.45, 2.75) is 12.8 Å². The monoisotopic (exact) mass is 241 g/mol. The van der Waals surface area contributed by atoms with Crippen molar-refractivity contribution in [1.82, 2.24) is 0 Å². The Bertz CT molecular complexity index is 498. The van der Waals surface area contributed by atoms with Crippen LogP contribution >= 0.6 is 0 Å². The van der Waals surface area contributed by atoms with E-state index in [9.17, 15) is 18.4 Å². The molecule has 0 unspecified atom stereocenters. The molecule has 0 heterocycles. The summed E-state index contributed by atoms with van der Waals surface area (Å²) in [7, 11) is 0. The van der Waals surface area contributed by atoms with Gasteiger partial charge < -0.3 is 10.4 Å². The van der Waals surface area contributed by atoms with E-state index < -0.39 is 23.2 Å². The number of carbonyl (C=O) groups excluding carboxylic acids is 1. The van der Waals surface area contributed by atoms with Gasteiger partial charge in [-0.1, -0.05) is 0 Å². The number of anilines is 1. The molecule has 6 heteroatoms. The molecule has 1 aromatic rings. The van der Waals surface area contributed by atoms with Crippen LogP contribution in [0.25, 0.3) is 0 Å². The van der Waals surface area contributed by atoms with E-state index in [2.05, 4.69) is 5.32 Å². The van der Waals surface area contributed by atoms with E-state index in [1.54, 1.807) is 0 Å². The molecule has 0 saturated heterocycles. The van der Waals surface area contributed by atoms with Gasteiger partial charge in [0.1, 0.15) is 0 Å². The van der Waals surface area contributed by atoms with E-state index in [1.165, 1.54) is 0 Å². The second-order valence-corrected chi connectivity index (χ2v) is 3.88. The normalized spacial score (nSPS) is 14.5. The van der Waals surface area contributed by atoms with Crippen LogP contribution in [0.1, 0.15) is 23.2 Å². The van der Waals surface area contributed by atoms with Crippen LogP contribution in [0, 0.1) is 17.6 Å². The number of halogens is 2. The van der Waals surface area contributed by atoms with Crippen molar-refractivity contribution >= 4 is 17.6 Å². The summed E-state index contributed by atoms with van der Waals surface area (Å²) in [4.78, 5) is 22.2. The first-order valence-electron chi connectivity index (χ1n) is 5.02. The maximum atomic E-state index is 13.0. The van der Waals surface area contributed by atoms with Crippen LogP contribution in [-0.4, -0.2) is 17.0 Å². The quantitative estimate of drug-likeness (QED) is 0.850. The Morgan fingerprint density at radius 3 is 2.35 bits per heavy atom. The van der Waals surface area contributed by atoms with Gasteiger partial charge in [0, 0.05) is 12.0 Å². The van der Waals surface area contributed by atoms with Crippen molar-refractivity contribution < 1.29 is 23.5 Å². The zero-order chi connectivity index (χ0) is 12.6. The highest BCUT2D eigenvalue weighted by Gasteiger charge is 2.30. The first kappa shape index (κ1) is 11.5. The highest BCUT2D eigenvalue weighted by atomic mass is 19.2. The van der Waals surface area contributed by atoms with Crippen LogP contribution in [0.3, 0.4) is 0 Å². The zero-order valence-electron chi connectivity index (χ0n) is 8.67. The largest absolute Gasteiger partial charge is 0.478 e. The lowest BCUT2D eigenvalue weighted by atomic mass is 10.1. The molecule has 0 radical (unpaired) electrons. The van der Waals surface area contributed by atoms with Crippen LogP contribution in [0.15, 0.2) is 12.1 Å². The number of aromatic carboxylic acids is 1. The molecule has 1 aliphatic carbocycles. The molecule has 2 rings (SSSR count). The van der Waals surface area contributed by atoms with Crippen molar-refractivity contribution in [3.8, 4) is 0 Å². The van der Waals surface area contributed by atoms with Gasteiger partial charge in [0.2, 0.25) is 5.91 Å². The molecule has 1 aromatic carbocycles. The number of nitrogens with one attached hydrogen (secondary N) is 1. The molecule has 0 aromatic heterocycles. The number of hydrogen-bond acceptors (Lipinski definition) is 2. The third-order valence-electron chi connectivity index (χ3n) is 2.50. The van der Waals surface area contributed by atoms with Gasteiger partial charge >= 0.3 is 5.97 Å². The molecule has 0 atom stereocenters. The third kappa shape index (κ3) is 2.41. The molecule has 17 heavy (non-hydrogen) atoms. The number of carboxylic acid groups (broad SMARTS) is 1. The van der Waals surface area contributed by atoms with Crippen LogP contribution in [0.2, 0.25) is 0 Å². The Balaban J connectivity index is 2.33. The summed E-state index contributed by atoms with van der Waals surface area (Å²) in [5, 5.41) is 11.1. The number of carbonyl (C=O) groups is 2. The Morgan fingerprint density at radius 1 is 1.24 bits per heavy atom. The third-order valence-corrected chi connectivity index (χ3v) is 2.50. The summed E-state index contributed by atoms with van der Waals surface area (Å²) in [6.07, 6.45) is 1.47. The van der Waals surface area contributed by atoms with Gasteiger partial charge in [-0.3, -0.25) is 4.79 Å². The van der Waals surface area contributed by atoms with Crippen LogP contribution in [-0.2, 0) is 4.79 Å². The van der Waals surface area contributed by atoms with Crippen molar-refractivity contribution in [3.05, 3.63) is 29.3 Å². The van der Waals surface area contributed by atoms with E-state index in [-0.39, 0.29) is 17.5 Å². The lowest BCUT2D eigenvalue weighted by molar-refractivity contribution is -0.117. The summed E-state index contributed by atoms with van der Waals surface area (Å²) in [5.74, 6) is -4.38. The van der Waals surface area contributed by atoms with Gasteiger partial charge in [-0.15, -0.1) is 0 Å². The molecule has 0 bridgehead atoms. The predicted molar refractivity (Wildman–Crippen MR) is 54.7 cm³/mol. The molecular formula is C11H9F2NO3. The Hall–Kier alpha value is -1.98.